The molecule has 0 amide bonds. The van der Waals surface area contributed by atoms with E-state index in [1.807, 2.05) is 18.2 Å². The molecule has 2 aromatic rings. The fourth-order valence-corrected chi connectivity index (χ4v) is 2.80. The van der Waals surface area contributed by atoms with Gasteiger partial charge < -0.3 is 10.5 Å². The predicted octanol–water partition coefficient (Wildman–Crippen LogP) is 5.27. The van der Waals surface area contributed by atoms with Gasteiger partial charge >= 0.3 is 0 Å². The topological polar surface area (TPSA) is 35.2 Å². The number of benzene rings is 2. The molecule has 0 aliphatic rings. The lowest BCUT2D eigenvalue weighted by Gasteiger charge is -2.25. The summed E-state index contributed by atoms with van der Waals surface area (Å²) in [6.45, 7) is 4.11. The van der Waals surface area contributed by atoms with Crippen molar-refractivity contribution in [2.45, 2.75) is 32.4 Å². The number of hydrogen-bond donors (Lipinski definition) is 1. The van der Waals surface area contributed by atoms with E-state index in [1.54, 1.807) is 0 Å². The van der Waals surface area contributed by atoms with Gasteiger partial charge in [0.1, 0.15) is 11.9 Å². The number of hydrogen-bond acceptors (Lipinski definition) is 2. The van der Waals surface area contributed by atoms with Gasteiger partial charge in [0.25, 0.3) is 0 Å². The summed E-state index contributed by atoms with van der Waals surface area (Å²) in [6.07, 6.45) is 0.612. The Kier molecular flexibility index (Phi) is 5.68. The van der Waals surface area contributed by atoms with Gasteiger partial charge in [0.05, 0.1) is 5.02 Å². The van der Waals surface area contributed by atoms with E-state index in [-0.39, 0.29) is 12.1 Å². The minimum absolute atomic E-state index is 0.0904. The Hall–Kier alpha value is -1.03. The van der Waals surface area contributed by atoms with Crippen LogP contribution in [-0.4, -0.2) is 6.04 Å². The van der Waals surface area contributed by atoms with Crippen LogP contribution in [0.25, 0.3) is 0 Å². The van der Waals surface area contributed by atoms with Gasteiger partial charge in [0.15, 0.2) is 0 Å². The van der Waals surface area contributed by atoms with Crippen LogP contribution in [0.5, 0.6) is 5.75 Å². The number of nitrogens with two attached hydrogens (primary N) is 1. The third-order valence-corrected chi connectivity index (χ3v) is 4.20. The number of aryl methyl sites for hydroxylation is 1. The van der Waals surface area contributed by atoms with Crippen molar-refractivity contribution in [3.63, 3.8) is 0 Å². The summed E-state index contributed by atoms with van der Waals surface area (Å²) < 4.78 is 7.02. The van der Waals surface area contributed by atoms with Crippen molar-refractivity contribution in [1.29, 1.82) is 0 Å². The van der Waals surface area contributed by atoms with Crippen LogP contribution < -0.4 is 10.5 Å². The van der Waals surface area contributed by atoms with E-state index in [2.05, 4.69) is 54.0 Å². The molecule has 2 rings (SSSR count). The normalized spacial score (nSPS) is 13.8. The Morgan fingerprint density at radius 2 is 1.86 bits per heavy atom. The van der Waals surface area contributed by atoms with Gasteiger partial charge in [-0.25, -0.2) is 0 Å². The van der Waals surface area contributed by atoms with E-state index < -0.39 is 0 Å². The van der Waals surface area contributed by atoms with E-state index in [9.17, 15) is 0 Å². The Balaban J connectivity index is 2.30. The first-order valence-electron chi connectivity index (χ1n) is 6.95. The molecule has 0 radical (unpaired) electrons. The Labute approximate surface area is 139 Å². The Bertz CT molecular complexity index is 600. The third kappa shape index (κ3) is 4.22. The summed E-state index contributed by atoms with van der Waals surface area (Å²) >= 11 is 9.63. The fourth-order valence-electron chi connectivity index (χ4n) is 2.08. The van der Waals surface area contributed by atoms with Gasteiger partial charge in [-0.3, -0.25) is 0 Å². The molecule has 0 spiro atoms. The smallest absolute Gasteiger partial charge is 0.139 e. The molecular weight excluding hydrogens is 350 g/mol. The molecule has 0 fully saturated rings. The van der Waals surface area contributed by atoms with Crippen LogP contribution in [0.1, 0.15) is 30.6 Å². The van der Waals surface area contributed by atoms with E-state index in [0.29, 0.717) is 10.8 Å². The first-order valence-corrected chi connectivity index (χ1v) is 8.12. The molecule has 21 heavy (non-hydrogen) atoms. The van der Waals surface area contributed by atoms with Crippen molar-refractivity contribution in [3.8, 4) is 5.75 Å². The molecule has 0 aliphatic carbocycles. The average molecular weight is 369 g/mol. The van der Waals surface area contributed by atoms with Crippen LogP contribution in [0, 0.1) is 6.92 Å². The van der Waals surface area contributed by atoms with Crippen molar-refractivity contribution in [2.24, 2.45) is 5.73 Å². The maximum atomic E-state index is 6.24. The maximum absolute atomic E-state index is 6.24. The highest BCUT2D eigenvalue weighted by molar-refractivity contribution is 9.10. The lowest BCUT2D eigenvalue weighted by atomic mass is 10.00. The second kappa shape index (κ2) is 7.30. The van der Waals surface area contributed by atoms with Crippen LogP contribution in [0.2, 0.25) is 5.02 Å². The monoisotopic (exact) mass is 367 g/mol. The van der Waals surface area contributed by atoms with Crippen LogP contribution in [-0.2, 0) is 0 Å². The summed E-state index contributed by atoms with van der Waals surface area (Å²) in [7, 11) is 0. The minimum atomic E-state index is -0.214. The van der Waals surface area contributed by atoms with Gasteiger partial charge in [0, 0.05) is 10.5 Å². The second-order valence-corrected chi connectivity index (χ2v) is 6.42. The molecule has 0 bridgehead atoms. The zero-order valence-corrected chi connectivity index (χ0v) is 14.5. The zero-order chi connectivity index (χ0) is 15.4. The maximum Gasteiger partial charge on any atom is 0.139 e. The molecule has 2 unspecified atom stereocenters. The van der Waals surface area contributed by atoms with Gasteiger partial charge in [0.2, 0.25) is 0 Å². The molecule has 2 nitrogen and oxygen atoms in total. The highest BCUT2D eigenvalue weighted by Gasteiger charge is 2.21. The predicted molar refractivity (Wildman–Crippen MR) is 92.0 cm³/mol. The van der Waals surface area contributed by atoms with Crippen molar-refractivity contribution in [3.05, 3.63) is 63.1 Å². The first-order chi connectivity index (χ1) is 10.0. The van der Waals surface area contributed by atoms with Crippen molar-refractivity contribution in [2.75, 3.05) is 0 Å². The van der Waals surface area contributed by atoms with E-state index in [0.717, 1.165) is 16.5 Å². The van der Waals surface area contributed by atoms with Crippen molar-refractivity contribution >= 4 is 27.5 Å². The van der Waals surface area contributed by atoms with E-state index >= 15 is 0 Å². The molecule has 4 heteroatoms. The Morgan fingerprint density at radius 1 is 1.19 bits per heavy atom. The highest BCUT2D eigenvalue weighted by atomic mass is 79.9. The summed E-state index contributed by atoms with van der Waals surface area (Å²) in [5, 5.41) is 0.574. The number of halogens is 2. The largest absolute Gasteiger partial charge is 0.483 e. The summed E-state index contributed by atoms with van der Waals surface area (Å²) in [5.41, 5.74) is 8.51. The van der Waals surface area contributed by atoms with Gasteiger partial charge in [-0.05, 0) is 37.1 Å². The highest BCUT2D eigenvalue weighted by Crippen LogP contribution is 2.33. The SMILES string of the molecule is CCC(N)C(Oc1ccc(Br)cc1Cl)c1ccc(C)cc1. The lowest BCUT2D eigenvalue weighted by molar-refractivity contribution is 0.171. The standard InChI is InChI=1S/C17H19BrClNO/c1-3-15(20)17(12-6-4-11(2)5-7-12)21-16-9-8-13(18)10-14(16)19/h4-10,15,17H,3,20H2,1-2H3. The lowest BCUT2D eigenvalue weighted by Crippen LogP contribution is -2.31. The second-order valence-electron chi connectivity index (χ2n) is 5.10. The van der Waals surface area contributed by atoms with Crippen LogP contribution in [0.3, 0.4) is 0 Å². The summed E-state index contributed by atoms with van der Waals surface area (Å²) in [6, 6.07) is 13.7. The molecule has 2 aromatic carbocycles. The Morgan fingerprint density at radius 3 is 2.43 bits per heavy atom. The quantitative estimate of drug-likeness (QED) is 0.780. The van der Waals surface area contributed by atoms with Crippen molar-refractivity contribution in [1.82, 2.24) is 0 Å². The zero-order valence-electron chi connectivity index (χ0n) is 12.1. The van der Waals surface area contributed by atoms with Gasteiger partial charge in [-0.1, -0.05) is 64.3 Å². The van der Waals surface area contributed by atoms with Crippen LogP contribution in [0.4, 0.5) is 0 Å². The number of rotatable bonds is 5. The molecule has 2 atom stereocenters. The molecule has 112 valence electrons. The van der Waals surface area contributed by atoms with Crippen LogP contribution in [0.15, 0.2) is 46.9 Å². The van der Waals surface area contributed by atoms with Crippen molar-refractivity contribution < 1.29 is 4.74 Å². The molecule has 0 saturated heterocycles. The molecule has 2 N–H and O–H groups in total. The average Bonchev–Trinajstić information content (AvgIpc) is 2.47. The number of ether oxygens (including phenoxy) is 1. The van der Waals surface area contributed by atoms with Gasteiger partial charge in [-0.2, -0.15) is 0 Å². The minimum Gasteiger partial charge on any atom is -0.483 e. The molecule has 0 heterocycles. The van der Waals surface area contributed by atoms with Crippen LogP contribution >= 0.6 is 27.5 Å². The summed E-state index contributed by atoms with van der Waals surface area (Å²) in [4.78, 5) is 0. The third-order valence-electron chi connectivity index (χ3n) is 3.41. The molecular formula is C17H19BrClNO. The molecule has 0 aromatic heterocycles. The van der Waals surface area contributed by atoms with Gasteiger partial charge in [-0.15, -0.1) is 0 Å². The van der Waals surface area contributed by atoms with E-state index in [1.165, 1.54) is 5.56 Å². The fraction of sp³-hybridized carbons (Fsp3) is 0.294. The summed E-state index contributed by atoms with van der Waals surface area (Å²) in [5.74, 6) is 0.648. The molecule has 0 aliphatic heterocycles. The van der Waals surface area contributed by atoms with E-state index in [4.69, 9.17) is 22.1 Å². The first kappa shape index (κ1) is 16.3. The molecule has 0 saturated carbocycles.